The topological polar surface area (TPSA) is 81.3 Å². The van der Waals surface area contributed by atoms with Gasteiger partial charge in [-0.1, -0.05) is 0 Å². The van der Waals surface area contributed by atoms with Gasteiger partial charge in [-0.15, -0.1) is 0 Å². The average Bonchev–Trinajstić information content (AvgIpc) is 2.32. The lowest BCUT2D eigenvalue weighted by atomic mass is 10.2. The number of phenolic OH excluding ortho intramolecular Hbond substituents is 1. The van der Waals surface area contributed by atoms with Gasteiger partial charge in [0.15, 0.2) is 0 Å². The fraction of sp³-hybridized carbons (Fsp3) is 0.182. The molecule has 0 aliphatic carbocycles. The van der Waals surface area contributed by atoms with Crippen molar-refractivity contribution in [2.45, 2.75) is 6.54 Å². The van der Waals surface area contributed by atoms with Gasteiger partial charge in [-0.3, -0.25) is 13.9 Å². The van der Waals surface area contributed by atoms with Gasteiger partial charge >= 0.3 is 5.69 Å². The molecule has 0 aliphatic rings. The van der Waals surface area contributed by atoms with Gasteiger partial charge in [0.05, 0.1) is 17.4 Å². The van der Waals surface area contributed by atoms with E-state index in [4.69, 9.17) is 0 Å². The van der Waals surface area contributed by atoms with Crippen LogP contribution in [0.25, 0.3) is 10.9 Å². The molecule has 0 aliphatic heterocycles. The monoisotopic (exact) mass is 234 g/mol. The lowest BCUT2D eigenvalue weighted by molar-refractivity contribution is -0.108. The summed E-state index contributed by atoms with van der Waals surface area (Å²) in [6.07, 6.45) is 0.495. The minimum absolute atomic E-state index is 0.0277. The van der Waals surface area contributed by atoms with E-state index >= 15 is 0 Å². The standard InChI is InChI=1S/C11H10N2O4/c1-12-9-6-7(15)2-3-8(9)10(16)13(4-5-14)11(12)17/h2-3,5-6,15H,4H2,1H3. The predicted octanol–water partition coefficient (Wildman–Crippen LogP) is -0.395. The van der Waals surface area contributed by atoms with E-state index in [2.05, 4.69) is 0 Å². The van der Waals surface area contributed by atoms with E-state index in [0.717, 1.165) is 4.57 Å². The second-order valence-corrected chi connectivity index (χ2v) is 3.63. The van der Waals surface area contributed by atoms with Crippen molar-refractivity contribution in [2.24, 2.45) is 7.05 Å². The summed E-state index contributed by atoms with van der Waals surface area (Å²) in [7, 11) is 1.48. The van der Waals surface area contributed by atoms with Crippen LogP contribution in [0.1, 0.15) is 0 Å². The summed E-state index contributed by atoms with van der Waals surface area (Å²) in [5.41, 5.74) is -0.780. The molecular weight excluding hydrogens is 224 g/mol. The van der Waals surface area contributed by atoms with Crippen LogP contribution in [0.2, 0.25) is 0 Å². The molecule has 17 heavy (non-hydrogen) atoms. The lowest BCUT2D eigenvalue weighted by Gasteiger charge is -2.08. The molecule has 0 atom stereocenters. The van der Waals surface area contributed by atoms with Gasteiger partial charge in [0.2, 0.25) is 0 Å². The van der Waals surface area contributed by atoms with Gasteiger partial charge in [0.1, 0.15) is 12.0 Å². The van der Waals surface area contributed by atoms with Crippen molar-refractivity contribution >= 4 is 17.2 Å². The van der Waals surface area contributed by atoms with Crippen LogP contribution in [0, 0.1) is 0 Å². The van der Waals surface area contributed by atoms with Crippen LogP contribution in [0.3, 0.4) is 0 Å². The van der Waals surface area contributed by atoms with E-state index < -0.39 is 11.2 Å². The number of nitrogens with zero attached hydrogens (tertiary/aromatic N) is 2. The molecule has 0 unspecified atom stereocenters. The molecule has 1 N–H and O–H groups in total. The van der Waals surface area contributed by atoms with Crippen molar-refractivity contribution < 1.29 is 9.90 Å². The Morgan fingerprint density at radius 3 is 2.71 bits per heavy atom. The third-order valence-electron chi connectivity index (χ3n) is 2.59. The third kappa shape index (κ3) is 1.63. The van der Waals surface area contributed by atoms with Crippen LogP contribution in [0.15, 0.2) is 27.8 Å². The lowest BCUT2D eigenvalue weighted by Crippen LogP contribution is -2.39. The van der Waals surface area contributed by atoms with E-state index in [0.29, 0.717) is 11.8 Å². The normalized spacial score (nSPS) is 10.6. The SMILES string of the molecule is Cn1c(=O)n(CC=O)c(=O)c2ccc(O)cc21. The number of phenols is 1. The molecule has 2 rings (SSSR count). The summed E-state index contributed by atoms with van der Waals surface area (Å²) in [5, 5.41) is 9.61. The summed E-state index contributed by atoms with van der Waals surface area (Å²) in [6.45, 7) is -0.275. The average molecular weight is 234 g/mol. The molecule has 0 spiro atoms. The summed E-state index contributed by atoms with van der Waals surface area (Å²) in [5.74, 6) is -0.0277. The fourth-order valence-corrected chi connectivity index (χ4v) is 1.73. The van der Waals surface area contributed by atoms with E-state index in [-0.39, 0.29) is 17.7 Å². The molecule has 1 aromatic heterocycles. The van der Waals surface area contributed by atoms with Crippen LogP contribution < -0.4 is 11.2 Å². The van der Waals surface area contributed by atoms with Gasteiger partial charge in [-0.05, 0) is 12.1 Å². The molecular formula is C11H10N2O4. The summed E-state index contributed by atoms with van der Waals surface area (Å²) >= 11 is 0. The highest BCUT2D eigenvalue weighted by Crippen LogP contribution is 2.15. The number of carbonyl (C=O) groups is 1. The van der Waals surface area contributed by atoms with Crippen LogP contribution in [-0.2, 0) is 18.4 Å². The molecule has 88 valence electrons. The molecule has 6 heteroatoms. The smallest absolute Gasteiger partial charge is 0.331 e. The maximum absolute atomic E-state index is 11.9. The number of benzene rings is 1. The van der Waals surface area contributed by atoms with E-state index in [1.165, 1.54) is 29.8 Å². The number of aldehydes is 1. The number of hydrogen-bond acceptors (Lipinski definition) is 4. The third-order valence-corrected chi connectivity index (χ3v) is 2.59. The molecule has 0 fully saturated rings. The van der Waals surface area contributed by atoms with Gasteiger partial charge in [-0.25, -0.2) is 4.79 Å². The second-order valence-electron chi connectivity index (χ2n) is 3.63. The zero-order valence-electron chi connectivity index (χ0n) is 9.08. The number of rotatable bonds is 2. The molecule has 2 aromatic rings. The first-order valence-corrected chi connectivity index (χ1v) is 4.92. The Bertz CT molecular complexity index is 712. The summed E-state index contributed by atoms with van der Waals surface area (Å²) in [6, 6.07) is 4.12. The maximum atomic E-state index is 11.9. The van der Waals surface area contributed by atoms with Gasteiger partial charge in [-0.2, -0.15) is 0 Å². The van der Waals surface area contributed by atoms with E-state index in [1.807, 2.05) is 0 Å². The zero-order chi connectivity index (χ0) is 12.6. The molecule has 0 bridgehead atoms. The minimum Gasteiger partial charge on any atom is -0.508 e. The first kappa shape index (κ1) is 11.1. The Morgan fingerprint density at radius 2 is 2.06 bits per heavy atom. The Hall–Kier alpha value is -2.37. The second kappa shape index (κ2) is 3.89. The van der Waals surface area contributed by atoms with E-state index in [9.17, 15) is 19.5 Å². The molecule has 0 amide bonds. The van der Waals surface area contributed by atoms with Crippen LogP contribution in [0.4, 0.5) is 0 Å². The van der Waals surface area contributed by atoms with Gasteiger partial charge < -0.3 is 9.90 Å². The zero-order valence-corrected chi connectivity index (χ0v) is 9.08. The van der Waals surface area contributed by atoms with Crippen molar-refractivity contribution in [3.8, 4) is 5.75 Å². The van der Waals surface area contributed by atoms with Crippen molar-refractivity contribution in [3.05, 3.63) is 39.0 Å². The summed E-state index contributed by atoms with van der Waals surface area (Å²) < 4.78 is 2.08. The Morgan fingerprint density at radius 1 is 1.35 bits per heavy atom. The maximum Gasteiger partial charge on any atom is 0.331 e. The fourth-order valence-electron chi connectivity index (χ4n) is 1.73. The molecule has 6 nitrogen and oxygen atoms in total. The number of aryl methyl sites for hydroxylation is 1. The summed E-state index contributed by atoms with van der Waals surface area (Å²) in [4.78, 5) is 34.1. The Kier molecular flexibility index (Phi) is 2.55. The van der Waals surface area contributed by atoms with Crippen molar-refractivity contribution in [1.82, 2.24) is 9.13 Å². The highest BCUT2D eigenvalue weighted by atomic mass is 16.3. The minimum atomic E-state index is -0.583. The van der Waals surface area contributed by atoms with Crippen molar-refractivity contribution in [3.63, 3.8) is 0 Å². The Labute approximate surface area is 95.3 Å². The van der Waals surface area contributed by atoms with Gasteiger partial charge in [0.25, 0.3) is 5.56 Å². The first-order valence-electron chi connectivity index (χ1n) is 4.92. The number of carbonyl (C=O) groups excluding carboxylic acids is 1. The molecule has 0 saturated heterocycles. The molecule has 1 heterocycles. The van der Waals surface area contributed by atoms with Crippen LogP contribution in [-0.4, -0.2) is 20.5 Å². The number of fused-ring (bicyclic) bond motifs is 1. The van der Waals surface area contributed by atoms with Crippen molar-refractivity contribution in [1.29, 1.82) is 0 Å². The number of aromatic nitrogens is 2. The molecule has 0 radical (unpaired) electrons. The largest absolute Gasteiger partial charge is 0.508 e. The van der Waals surface area contributed by atoms with Crippen LogP contribution in [0.5, 0.6) is 5.75 Å². The van der Waals surface area contributed by atoms with Gasteiger partial charge in [0, 0.05) is 13.1 Å². The highest BCUT2D eigenvalue weighted by Gasteiger charge is 2.10. The quantitative estimate of drug-likeness (QED) is 0.717. The number of aromatic hydroxyl groups is 1. The first-order chi connectivity index (χ1) is 8.06. The van der Waals surface area contributed by atoms with Crippen molar-refractivity contribution in [2.75, 3.05) is 0 Å². The Balaban J connectivity index is 3.00. The molecule has 1 aromatic carbocycles. The molecule has 0 saturated carbocycles. The highest BCUT2D eigenvalue weighted by molar-refractivity contribution is 5.79. The predicted molar refractivity (Wildman–Crippen MR) is 61.2 cm³/mol. The van der Waals surface area contributed by atoms with Crippen LogP contribution >= 0.6 is 0 Å². The number of hydrogen-bond donors (Lipinski definition) is 1. The van der Waals surface area contributed by atoms with E-state index in [1.54, 1.807) is 0 Å².